The standard InChI is InChI=1S/C20H40N6O6/c1-12(2)16(23)19(30)24-13(7-3-5-9-21)17(28)26-15(11-27)18(29)25-14(20(31)32)8-4-6-10-22/h12-16,27H,3-11,21-23H2,1-2H3,(H,24,30)(H,25,29)(H,26,28)(H,31,32). The molecule has 0 saturated carbocycles. The molecule has 0 fully saturated rings. The number of unbranched alkanes of at least 4 members (excludes halogenated alkanes) is 2. The maximum Gasteiger partial charge on any atom is 0.326 e. The minimum atomic E-state index is -1.38. The Morgan fingerprint density at radius 3 is 1.62 bits per heavy atom. The van der Waals surface area contributed by atoms with Crippen molar-refractivity contribution < 1.29 is 29.4 Å². The summed E-state index contributed by atoms with van der Waals surface area (Å²) in [6, 6.07) is -4.36. The van der Waals surface area contributed by atoms with Crippen molar-refractivity contribution in [2.45, 2.75) is 76.5 Å². The summed E-state index contributed by atoms with van der Waals surface area (Å²) in [5.41, 5.74) is 16.7. The van der Waals surface area contributed by atoms with Crippen LogP contribution < -0.4 is 33.2 Å². The van der Waals surface area contributed by atoms with Gasteiger partial charge in [0.15, 0.2) is 0 Å². The van der Waals surface area contributed by atoms with Gasteiger partial charge in [-0.15, -0.1) is 0 Å². The second-order valence-corrected chi connectivity index (χ2v) is 8.04. The summed E-state index contributed by atoms with van der Waals surface area (Å²) in [5.74, 6) is -3.41. The van der Waals surface area contributed by atoms with Gasteiger partial charge >= 0.3 is 5.97 Å². The number of aliphatic hydroxyl groups is 1. The van der Waals surface area contributed by atoms with E-state index in [9.17, 15) is 29.4 Å². The summed E-state index contributed by atoms with van der Waals surface area (Å²) in [7, 11) is 0. The third-order valence-corrected chi connectivity index (χ3v) is 4.98. The first-order valence-electron chi connectivity index (χ1n) is 11.0. The molecule has 0 aromatic rings. The van der Waals surface area contributed by atoms with E-state index in [2.05, 4.69) is 16.0 Å². The van der Waals surface area contributed by atoms with Gasteiger partial charge < -0.3 is 43.4 Å². The Labute approximate surface area is 189 Å². The van der Waals surface area contributed by atoms with Gasteiger partial charge in [0.25, 0.3) is 0 Å². The number of carbonyl (C=O) groups excluding carboxylic acids is 3. The van der Waals surface area contributed by atoms with E-state index in [1.54, 1.807) is 13.8 Å². The molecule has 0 rings (SSSR count). The molecule has 0 bridgehead atoms. The van der Waals surface area contributed by atoms with Crippen LogP contribution in [0.25, 0.3) is 0 Å². The van der Waals surface area contributed by atoms with Gasteiger partial charge in [0.1, 0.15) is 18.1 Å². The van der Waals surface area contributed by atoms with Crippen LogP contribution in [0.4, 0.5) is 0 Å². The number of rotatable bonds is 17. The van der Waals surface area contributed by atoms with Gasteiger partial charge in [-0.2, -0.15) is 0 Å². The SMILES string of the molecule is CC(C)C(N)C(=O)NC(CCCCN)C(=O)NC(CO)C(=O)NC(CCCCN)C(=O)O. The smallest absolute Gasteiger partial charge is 0.326 e. The maximum atomic E-state index is 12.8. The van der Waals surface area contributed by atoms with E-state index in [0.717, 1.165) is 0 Å². The predicted octanol–water partition coefficient (Wildman–Crippen LogP) is -2.24. The van der Waals surface area contributed by atoms with Crippen LogP contribution in [-0.2, 0) is 19.2 Å². The van der Waals surface area contributed by atoms with Crippen molar-refractivity contribution >= 4 is 23.7 Å². The lowest BCUT2D eigenvalue weighted by Gasteiger charge is -2.25. The zero-order valence-corrected chi connectivity index (χ0v) is 19.0. The number of carboxylic acid groups (broad SMARTS) is 1. The Morgan fingerprint density at radius 2 is 1.19 bits per heavy atom. The molecular formula is C20H40N6O6. The summed E-state index contributed by atoms with van der Waals surface area (Å²) in [6.45, 7) is 3.60. The van der Waals surface area contributed by atoms with Crippen LogP contribution in [0.2, 0.25) is 0 Å². The lowest BCUT2D eigenvalue weighted by atomic mass is 10.0. The second-order valence-electron chi connectivity index (χ2n) is 8.04. The molecule has 4 unspecified atom stereocenters. The number of aliphatic carboxylic acids is 1. The first kappa shape index (κ1) is 29.7. The monoisotopic (exact) mass is 460 g/mol. The number of nitrogens with one attached hydrogen (secondary N) is 3. The number of carbonyl (C=O) groups is 4. The van der Waals surface area contributed by atoms with Gasteiger partial charge in [-0.3, -0.25) is 14.4 Å². The van der Waals surface area contributed by atoms with Gasteiger partial charge in [-0.25, -0.2) is 4.79 Å². The molecule has 3 amide bonds. The Balaban J connectivity index is 5.18. The molecule has 0 aromatic carbocycles. The van der Waals surface area contributed by atoms with Crippen molar-refractivity contribution in [1.29, 1.82) is 0 Å². The van der Waals surface area contributed by atoms with Gasteiger partial charge in [-0.1, -0.05) is 13.8 Å². The molecule has 12 nitrogen and oxygen atoms in total. The molecule has 32 heavy (non-hydrogen) atoms. The first-order valence-corrected chi connectivity index (χ1v) is 11.0. The summed E-state index contributed by atoms with van der Waals surface area (Å²) < 4.78 is 0. The molecule has 0 aromatic heterocycles. The predicted molar refractivity (Wildman–Crippen MR) is 119 cm³/mol. The number of aliphatic hydroxyl groups excluding tert-OH is 1. The topological polar surface area (TPSA) is 223 Å². The fourth-order valence-electron chi connectivity index (χ4n) is 2.82. The van der Waals surface area contributed by atoms with E-state index in [0.29, 0.717) is 38.8 Å². The largest absolute Gasteiger partial charge is 0.480 e. The zero-order chi connectivity index (χ0) is 24.7. The van der Waals surface area contributed by atoms with Crippen LogP contribution in [0.15, 0.2) is 0 Å². The van der Waals surface area contributed by atoms with Crippen LogP contribution in [0.5, 0.6) is 0 Å². The maximum absolute atomic E-state index is 12.8. The molecule has 186 valence electrons. The highest BCUT2D eigenvalue weighted by Gasteiger charge is 2.30. The summed E-state index contributed by atoms with van der Waals surface area (Å²) in [6.07, 6.45) is 2.69. The Morgan fingerprint density at radius 1 is 0.750 bits per heavy atom. The second kappa shape index (κ2) is 16.4. The van der Waals surface area contributed by atoms with Crippen LogP contribution in [0, 0.1) is 5.92 Å². The summed E-state index contributed by atoms with van der Waals surface area (Å²) >= 11 is 0. The number of carboxylic acids is 1. The van der Waals surface area contributed by atoms with Crippen LogP contribution >= 0.6 is 0 Å². The quantitative estimate of drug-likeness (QED) is 0.110. The molecule has 0 saturated heterocycles. The molecule has 0 aliphatic rings. The zero-order valence-electron chi connectivity index (χ0n) is 19.0. The summed E-state index contributed by atoms with van der Waals surface area (Å²) in [4.78, 5) is 48.9. The van der Waals surface area contributed by atoms with Crippen molar-refractivity contribution in [3.05, 3.63) is 0 Å². The third kappa shape index (κ3) is 11.4. The van der Waals surface area contributed by atoms with Crippen molar-refractivity contribution in [2.75, 3.05) is 19.7 Å². The van der Waals surface area contributed by atoms with Crippen molar-refractivity contribution in [1.82, 2.24) is 16.0 Å². The van der Waals surface area contributed by atoms with Gasteiger partial charge in [0.05, 0.1) is 12.6 Å². The Hall–Kier alpha value is -2.28. The van der Waals surface area contributed by atoms with E-state index in [4.69, 9.17) is 17.2 Å². The molecule has 0 heterocycles. The van der Waals surface area contributed by atoms with Crippen LogP contribution in [0.1, 0.15) is 52.4 Å². The van der Waals surface area contributed by atoms with E-state index in [1.807, 2.05) is 0 Å². The minimum Gasteiger partial charge on any atom is -0.480 e. The Kier molecular flexibility index (Phi) is 15.2. The number of hydrogen-bond acceptors (Lipinski definition) is 8. The Bertz CT molecular complexity index is 603. The van der Waals surface area contributed by atoms with E-state index in [1.165, 1.54) is 0 Å². The molecule has 11 N–H and O–H groups in total. The average Bonchev–Trinajstić information content (AvgIpc) is 2.74. The lowest BCUT2D eigenvalue weighted by Crippen LogP contribution is -2.58. The van der Waals surface area contributed by atoms with E-state index in [-0.39, 0.29) is 18.8 Å². The lowest BCUT2D eigenvalue weighted by molar-refractivity contribution is -0.142. The number of amides is 3. The van der Waals surface area contributed by atoms with Crippen LogP contribution in [-0.4, -0.2) is 77.8 Å². The van der Waals surface area contributed by atoms with Crippen molar-refractivity contribution in [3.8, 4) is 0 Å². The van der Waals surface area contributed by atoms with E-state index >= 15 is 0 Å². The first-order chi connectivity index (χ1) is 15.1. The van der Waals surface area contributed by atoms with Gasteiger partial charge in [0.2, 0.25) is 17.7 Å². The molecule has 12 heteroatoms. The fraction of sp³-hybridized carbons (Fsp3) is 0.800. The third-order valence-electron chi connectivity index (χ3n) is 4.98. The fourth-order valence-corrected chi connectivity index (χ4v) is 2.82. The number of nitrogens with two attached hydrogens (primary N) is 3. The highest BCUT2D eigenvalue weighted by molar-refractivity contribution is 5.94. The van der Waals surface area contributed by atoms with E-state index < -0.39 is 54.5 Å². The number of hydrogen-bond donors (Lipinski definition) is 8. The molecule has 4 atom stereocenters. The van der Waals surface area contributed by atoms with Crippen molar-refractivity contribution in [2.24, 2.45) is 23.1 Å². The molecule has 0 spiro atoms. The van der Waals surface area contributed by atoms with Gasteiger partial charge in [0, 0.05) is 0 Å². The summed E-state index contributed by atoms with van der Waals surface area (Å²) in [5, 5.41) is 26.2. The minimum absolute atomic E-state index is 0.147. The van der Waals surface area contributed by atoms with Crippen molar-refractivity contribution in [3.63, 3.8) is 0 Å². The van der Waals surface area contributed by atoms with Crippen LogP contribution in [0.3, 0.4) is 0 Å². The molecular weight excluding hydrogens is 420 g/mol. The molecule has 0 aliphatic carbocycles. The molecule has 0 aliphatic heterocycles. The van der Waals surface area contributed by atoms with Gasteiger partial charge in [-0.05, 0) is 57.5 Å². The molecule has 0 radical (unpaired) electrons. The normalized spacial score (nSPS) is 14.8. The average molecular weight is 461 g/mol. The highest BCUT2D eigenvalue weighted by atomic mass is 16.4. The highest BCUT2D eigenvalue weighted by Crippen LogP contribution is 2.06.